The van der Waals surface area contributed by atoms with Gasteiger partial charge in [-0.15, -0.1) is 0 Å². The second-order valence-electron chi connectivity index (χ2n) is 10.5. The molecule has 10 nitrogen and oxygen atoms in total. The van der Waals surface area contributed by atoms with Gasteiger partial charge in [0.1, 0.15) is 24.4 Å². The van der Waals surface area contributed by atoms with E-state index in [0.29, 0.717) is 5.57 Å². The number of carbonyl (C=O) groups is 3. The zero-order chi connectivity index (χ0) is 25.4. The van der Waals surface area contributed by atoms with E-state index >= 15 is 0 Å². The minimum Gasteiger partial charge on any atom is -0.459 e. The van der Waals surface area contributed by atoms with E-state index in [2.05, 4.69) is 0 Å². The van der Waals surface area contributed by atoms with Crippen molar-refractivity contribution in [2.24, 2.45) is 11.3 Å². The number of carbonyl (C=O) groups excluding carboxylic acids is 3. The second-order valence-corrected chi connectivity index (χ2v) is 10.5. The third kappa shape index (κ3) is 3.26. The van der Waals surface area contributed by atoms with Crippen LogP contribution in [0.1, 0.15) is 48.0 Å². The molecule has 0 unspecified atom stereocenters. The van der Waals surface area contributed by atoms with Crippen molar-refractivity contribution in [3.8, 4) is 0 Å². The summed E-state index contributed by atoms with van der Waals surface area (Å²) in [6.07, 6.45) is -1.48. The first kappa shape index (κ1) is 24.8. The molecule has 2 aliphatic carbocycles. The zero-order valence-corrected chi connectivity index (χ0v) is 20.1. The fourth-order valence-electron chi connectivity index (χ4n) is 6.19. The van der Waals surface area contributed by atoms with Gasteiger partial charge >= 0.3 is 17.9 Å². The van der Waals surface area contributed by atoms with Gasteiger partial charge in [0.15, 0.2) is 17.3 Å². The Morgan fingerprint density at radius 3 is 2.29 bits per heavy atom. The van der Waals surface area contributed by atoms with Crippen molar-refractivity contribution in [3.63, 3.8) is 0 Å². The second kappa shape index (κ2) is 7.61. The van der Waals surface area contributed by atoms with Crippen LogP contribution in [0, 0.1) is 11.3 Å². The Morgan fingerprint density at radius 2 is 1.74 bits per heavy atom. The molecular weight excluding hydrogens is 448 g/mol. The molecule has 0 bridgehead atoms. The van der Waals surface area contributed by atoms with Crippen LogP contribution in [0.4, 0.5) is 0 Å². The number of esters is 3. The third-order valence-electron chi connectivity index (χ3n) is 7.94. The van der Waals surface area contributed by atoms with Gasteiger partial charge in [0.25, 0.3) is 0 Å². The summed E-state index contributed by atoms with van der Waals surface area (Å²) in [5.41, 5.74) is -5.64. The number of rotatable bonds is 2. The number of aliphatic hydroxyl groups is 3. The molecular formula is C24H32O10. The van der Waals surface area contributed by atoms with Crippen molar-refractivity contribution in [1.29, 1.82) is 0 Å². The molecule has 3 N–H and O–H groups in total. The Labute approximate surface area is 197 Å². The molecule has 0 aromatic carbocycles. The van der Waals surface area contributed by atoms with Crippen LogP contribution in [0.2, 0.25) is 0 Å². The lowest BCUT2D eigenvalue weighted by Crippen LogP contribution is -2.67. The van der Waals surface area contributed by atoms with Crippen LogP contribution in [-0.2, 0) is 33.3 Å². The topological polar surface area (TPSA) is 152 Å². The van der Waals surface area contributed by atoms with Crippen molar-refractivity contribution in [1.82, 2.24) is 0 Å². The van der Waals surface area contributed by atoms with E-state index in [1.54, 1.807) is 19.9 Å². The molecule has 0 saturated carbocycles. The highest BCUT2D eigenvalue weighted by molar-refractivity contribution is 5.89. The zero-order valence-electron chi connectivity index (χ0n) is 20.1. The monoisotopic (exact) mass is 480 g/mol. The van der Waals surface area contributed by atoms with E-state index in [-0.39, 0.29) is 6.42 Å². The first-order valence-corrected chi connectivity index (χ1v) is 11.3. The lowest BCUT2D eigenvalue weighted by atomic mass is 9.55. The number of epoxide rings is 1. The first-order chi connectivity index (χ1) is 15.6. The molecule has 0 aromatic heterocycles. The average Bonchev–Trinajstić information content (AvgIpc) is 3.29. The van der Waals surface area contributed by atoms with Gasteiger partial charge in [0.05, 0.1) is 5.60 Å². The van der Waals surface area contributed by atoms with Gasteiger partial charge in [-0.25, -0.2) is 4.79 Å². The number of fused-ring (bicyclic) bond motifs is 1. The molecule has 0 aromatic rings. The van der Waals surface area contributed by atoms with Crippen LogP contribution >= 0.6 is 0 Å². The van der Waals surface area contributed by atoms with Crippen LogP contribution in [-0.4, -0.2) is 80.6 Å². The smallest absolute Gasteiger partial charge is 0.342 e. The molecule has 4 rings (SSSR count). The predicted molar refractivity (Wildman–Crippen MR) is 115 cm³/mol. The molecule has 4 aliphatic rings. The lowest BCUT2D eigenvalue weighted by Gasteiger charge is -2.54. The van der Waals surface area contributed by atoms with Crippen molar-refractivity contribution in [3.05, 3.63) is 23.8 Å². The van der Waals surface area contributed by atoms with E-state index in [1.807, 2.05) is 0 Å². The van der Waals surface area contributed by atoms with E-state index in [9.17, 15) is 29.7 Å². The van der Waals surface area contributed by atoms with Crippen LogP contribution in [0.5, 0.6) is 0 Å². The van der Waals surface area contributed by atoms with Crippen LogP contribution in [0.15, 0.2) is 23.8 Å². The molecule has 2 aliphatic heterocycles. The Hall–Kier alpha value is -2.27. The van der Waals surface area contributed by atoms with Gasteiger partial charge < -0.3 is 34.3 Å². The number of hydrogen-bond acceptors (Lipinski definition) is 10. The van der Waals surface area contributed by atoms with E-state index < -0.39 is 76.6 Å². The van der Waals surface area contributed by atoms with Crippen LogP contribution < -0.4 is 0 Å². The van der Waals surface area contributed by atoms with Crippen molar-refractivity contribution in [2.45, 2.75) is 95.3 Å². The maximum absolute atomic E-state index is 12.8. The van der Waals surface area contributed by atoms with Gasteiger partial charge in [-0.2, -0.15) is 0 Å². The lowest BCUT2D eigenvalue weighted by molar-refractivity contribution is -0.217. The SMILES string of the molecule is CC(=O)O[C@@H]1[C@H]2[C@](C)(O)[C@H](O)C=C[C@@]2(C)[C@@H](O)[C@H](OC(C)=O)C/C(C)=C\[C@@H]2OC(=O)[C@]3(C)O[C@]213. The number of hydrogen-bond donors (Lipinski definition) is 3. The van der Waals surface area contributed by atoms with Gasteiger partial charge in [0, 0.05) is 31.6 Å². The average molecular weight is 481 g/mol. The summed E-state index contributed by atoms with van der Waals surface area (Å²) in [4.78, 5) is 37.0. The third-order valence-corrected chi connectivity index (χ3v) is 7.94. The number of ether oxygens (including phenoxy) is 4. The minimum absolute atomic E-state index is 0.112. The first-order valence-electron chi connectivity index (χ1n) is 11.3. The molecule has 2 heterocycles. The van der Waals surface area contributed by atoms with E-state index in [1.165, 1.54) is 39.8 Å². The largest absolute Gasteiger partial charge is 0.459 e. The molecule has 2 saturated heterocycles. The van der Waals surface area contributed by atoms with Gasteiger partial charge in [-0.3, -0.25) is 9.59 Å². The standard InChI is InChI=1S/C24H32O10/c1-11-9-14(31-12(2)25)18(28)21(4)8-7-15(27)22(5,30)17(21)19(32-13(3)26)24-16(10-11)33-20(29)23(24,6)34-24/h7-8,10,14-19,27-28,30H,9H2,1-6H3/b11-10-/t14-,15-,16+,17-,18+,19-,21-,22-,23+,24-/m1/s1. The van der Waals surface area contributed by atoms with Crippen molar-refractivity contribution >= 4 is 17.9 Å². The normalized spacial score (nSPS) is 51.1. The molecule has 1 spiro atoms. The van der Waals surface area contributed by atoms with Gasteiger partial charge in [-0.05, 0) is 26.8 Å². The summed E-state index contributed by atoms with van der Waals surface area (Å²) in [5.74, 6) is -3.16. The molecule has 34 heavy (non-hydrogen) atoms. The summed E-state index contributed by atoms with van der Waals surface area (Å²) >= 11 is 0. The summed E-state index contributed by atoms with van der Waals surface area (Å²) in [7, 11) is 0. The van der Waals surface area contributed by atoms with Gasteiger partial charge in [-0.1, -0.05) is 24.6 Å². The maximum Gasteiger partial charge on any atom is 0.342 e. The van der Waals surface area contributed by atoms with Crippen molar-refractivity contribution < 1.29 is 48.7 Å². The molecule has 10 atom stereocenters. The molecule has 0 radical (unpaired) electrons. The van der Waals surface area contributed by atoms with Crippen LogP contribution in [0.3, 0.4) is 0 Å². The maximum atomic E-state index is 12.8. The van der Waals surface area contributed by atoms with Crippen molar-refractivity contribution in [2.75, 3.05) is 0 Å². The number of aliphatic hydroxyl groups excluding tert-OH is 2. The fraction of sp³-hybridized carbons (Fsp3) is 0.708. The summed E-state index contributed by atoms with van der Waals surface area (Å²) < 4.78 is 22.9. The summed E-state index contributed by atoms with van der Waals surface area (Å²) in [5, 5.41) is 33.9. The summed E-state index contributed by atoms with van der Waals surface area (Å²) in [6.45, 7) is 8.66. The summed E-state index contributed by atoms with van der Waals surface area (Å²) in [6, 6.07) is 0. The Morgan fingerprint density at radius 1 is 1.12 bits per heavy atom. The fourth-order valence-corrected chi connectivity index (χ4v) is 6.19. The van der Waals surface area contributed by atoms with E-state index in [4.69, 9.17) is 18.9 Å². The minimum atomic E-state index is -1.94. The molecule has 0 amide bonds. The molecule has 10 heteroatoms. The Bertz CT molecular complexity index is 984. The Balaban J connectivity index is 2.00. The van der Waals surface area contributed by atoms with Gasteiger partial charge in [0.2, 0.25) is 0 Å². The van der Waals surface area contributed by atoms with Crippen LogP contribution in [0.25, 0.3) is 0 Å². The highest BCUT2D eigenvalue weighted by Crippen LogP contribution is 2.65. The highest BCUT2D eigenvalue weighted by Gasteiger charge is 2.87. The quantitative estimate of drug-likeness (QED) is 0.218. The molecule has 188 valence electrons. The van der Waals surface area contributed by atoms with E-state index in [0.717, 1.165) is 0 Å². The Kier molecular flexibility index (Phi) is 5.56. The molecule has 2 fully saturated rings. The highest BCUT2D eigenvalue weighted by atomic mass is 16.7. The predicted octanol–water partition coefficient (Wildman–Crippen LogP) is 0.318.